The number of hydrogen-bond donors (Lipinski definition) is 2. The molecular weight excluding hydrogens is 158 g/mol. The van der Waals surface area contributed by atoms with Gasteiger partial charge in [-0.3, -0.25) is 4.90 Å². The molecule has 0 rings (SSSR count). The molecule has 0 atom stereocenters. The summed E-state index contributed by atoms with van der Waals surface area (Å²) in [5.74, 6) is 5.82. The number of nitrogens with zero attached hydrogens (tertiary/aromatic N) is 1. The van der Waals surface area contributed by atoms with Gasteiger partial charge in [0.1, 0.15) is 0 Å². The van der Waals surface area contributed by atoms with Crippen molar-refractivity contribution in [1.82, 2.24) is 10.2 Å². The minimum atomic E-state index is 0.296. The zero-order chi connectivity index (χ0) is 8.69. The summed E-state index contributed by atoms with van der Waals surface area (Å²) in [6.07, 6.45) is 0. The van der Waals surface area contributed by atoms with E-state index in [0.717, 1.165) is 6.54 Å². The summed E-state index contributed by atoms with van der Waals surface area (Å²) in [7, 11) is 3.94. The van der Waals surface area contributed by atoms with Crippen molar-refractivity contribution in [2.75, 3.05) is 27.2 Å². The van der Waals surface area contributed by atoms with Crippen LogP contribution in [0.15, 0.2) is 0 Å². The monoisotopic (exact) mass is 171 g/mol. The molecule has 3 nitrogen and oxygen atoms in total. The van der Waals surface area contributed by atoms with Crippen molar-refractivity contribution in [2.24, 2.45) is 5.73 Å². The Morgan fingerprint density at radius 1 is 1.55 bits per heavy atom. The smallest absolute Gasteiger partial charge is 0.164 e. The Kier molecular flexibility index (Phi) is 5.53. The maximum atomic E-state index is 5.18. The van der Waals surface area contributed by atoms with E-state index >= 15 is 0 Å². The first kappa shape index (κ1) is 10.2. The number of thiocarbonyl (C=S) groups is 1. The van der Waals surface area contributed by atoms with Crippen LogP contribution in [-0.4, -0.2) is 37.2 Å². The average molecular weight is 171 g/mol. The molecule has 0 radical (unpaired) electrons. The predicted molar refractivity (Wildman–Crippen MR) is 51.1 cm³/mol. The van der Waals surface area contributed by atoms with E-state index in [1.54, 1.807) is 0 Å². The third kappa shape index (κ3) is 9.21. The fourth-order valence-electron chi connectivity index (χ4n) is 0.408. The first-order valence-electron chi connectivity index (χ1n) is 3.26. The van der Waals surface area contributed by atoms with Gasteiger partial charge in [0, 0.05) is 0 Å². The van der Waals surface area contributed by atoms with Gasteiger partial charge < -0.3 is 11.1 Å². The van der Waals surface area contributed by atoms with Gasteiger partial charge in [-0.25, -0.2) is 0 Å². The molecule has 0 heterocycles. The van der Waals surface area contributed by atoms with E-state index in [2.05, 4.69) is 29.4 Å². The molecule has 0 fully saturated rings. The second kappa shape index (κ2) is 5.96. The highest BCUT2D eigenvalue weighted by Gasteiger charge is 1.81. The summed E-state index contributed by atoms with van der Waals surface area (Å²) < 4.78 is 0. The van der Waals surface area contributed by atoms with Crippen molar-refractivity contribution in [1.29, 1.82) is 0 Å². The molecule has 0 aliphatic heterocycles. The lowest BCUT2D eigenvalue weighted by Crippen LogP contribution is -2.29. The zero-order valence-corrected chi connectivity index (χ0v) is 7.66. The van der Waals surface area contributed by atoms with Gasteiger partial charge in [-0.15, -0.1) is 0 Å². The number of nitrogens with two attached hydrogens (primary N) is 1. The van der Waals surface area contributed by atoms with Crippen molar-refractivity contribution >= 4 is 17.3 Å². The molecule has 0 aliphatic carbocycles. The minimum absolute atomic E-state index is 0.296. The van der Waals surface area contributed by atoms with Crippen molar-refractivity contribution in [3.8, 4) is 11.8 Å². The molecule has 0 aromatic rings. The number of rotatable bonds is 2. The Morgan fingerprint density at radius 3 is 2.64 bits per heavy atom. The van der Waals surface area contributed by atoms with Gasteiger partial charge in [-0.1, -0.05) is 11.8 Å². The third-order valence-corrected chi connectivity index (χ3v) is 1.02. The minimum Gasteiger partial charge on any atom is -0.376 e. The van der Waals surface area contributed by atoms with Crippen molar-refractivity contribution < 1.29 is 0 Å². The number of hydrogen-bond acceptors (Lipinski definition) is 2. The molecule has 0 aromatic carbocycles. The zero-order valence-electron chi connectivity index (χ0n) is 6.85. The summed E-state index contributed by atoms with van der Waals surface area (Å²) in [4.78, 5) is 1.99. The summed E-state index contributed by atoms with van der Waals surface area (Å²) >= 11 is 4.59. The van der Waals surface area contributed by atoms with Crippen LogP contribution in [0.4, 0.5) is 0 Å². The summed E-state index contributed by atoms with van der Waals surface area (Å²) in [6.45, 7) is 1.29. The fourth-order valence-corrected chi connectivity index (χ4v) is 0.480. The summed E-state index contributed by atoms with van der Waals surface area (Å²) in [5.41, 5.74) is 5.18. The van der Waals surface area contributed by atoms with E-state index in [9.17, 15) is 0 Å². The molecule has 0 amide bonds. The summed E-state index contributed by atoms with van der Waals surface area (Å²) in [6, 6.07) is 0. The SMILES string of the molecule is CN(C)CC#CCNC(N)=S. The van der Waals surface area contributed by atoms with Gasteiger partial charge >= 0.3 is 0 Å². The molecule has 0 bridgehead atoms. The van der Waals surface area contributed by atoms with Gasteiger partial charge in [0.25, 0.3) is 0 Å². The average Bonchev–Trinajstić information content (AvgIpc) is 1.85. The van der Waals surface area contributed by atoms with Crippen molar-refractivity contribution in [3.63, 3.8) is 0 Å². The van der Waals surface area contributed by atoms with Crippen LogP contribution in [0.1, 0.15) is 0 Å². The molecule has 11 heavy (non-hydrogen) atoms. The highest BCUT2D eigenvalue weighted by molar-refractivity contribution is 7.80. The second-order valence-corrected chi connectivity index (χ2v) is 2.75. The lowest BCUT2D eigenvalue weighted by atomic mass is 10.5. The molecule has 0 saturated heterocycles. The van der Waals surface area contributed by atoms with Crippen LogP contribution in [0, 0.1) is 11.8 Å². The van der Waals surface area contributed by atoms with Crippen LogP contribution in [0.25, 0.3) is 0 Å². The molecular formula is C7H13N3S. The van der Waals surface area contributed by atoms with Crippen LogP contribution in [-0.2, 0) is 0 Å². The third-order valence-electron chi connectivity index (χ3n) is 0.871. The summed E-state index contributed by atoms with van der Waals surface area (Å²) in [5, 5.41) is 3.03. The van der Waals surface area contributed by atoms with E-state index in [-0.39, 0.29) is 0 Å². The maximum absolute atomic E-state index is 5.18. The van der Waals surface area contributed by atoms with Gasteiger partial charge in [0.2, 0.25) is 0 Å². The Labute approximate surface area is 72.9 Å². The molecule has 0 spiro atoms. The van der Waals surface area contributed by atoms with Gasteiger partial charge in [0.15, 0.2) is 5.11 Å². The Hall–Kier alpha value is -0.790. The van der Waals surface area contributed by atoms with Gasteiger partial charge in [-0.05, 0) is 26.3 Å². The Bertz CT molecular complexity index is 178. The standard InChI is InChI=1S/C7H13N3S/c1-10(2)6-4-3-5-9-7(8)11/h5-6H2,1-2H3,(H3,8,9,11). The first-order valence-corrected chi connectivity index (χ1v) is 3.67. The van der Waals surface area contributed by atoms with Gasteiger partial charge in [0.05, 0.1) is 13.1 Å². The molecule has 0 aromatic heterocycles. The second-order valence-electron chi connectivity index (χ2n) is 2.31. The topological polar surface area (TPSA) is 41.3 Å². The fraction of sp³-hybridized carbons (Fsp3) is 0.571. The van der Waals surface area contributed by atoms with E-state index in [4.69, 9.17) is 5.73 Å². The normalized spacial score (nSPS) is 8.64. The lowest BCUT2D eigenvalue weighted by molar-refractivity contribution is 0.463. The Balaban J connectivity index is 3.33. The van der Waals surface area contributed by atoms with Crippen LogP contribution in [0.3, 0.4) is 0 Å². The van der Waals surface area contributed by atoms with Gasteiger partial charge in [-0.2, -0.15) is 0 Å². The quantitative estimate of drug-likeness (QED) is 0.429. The molecule has 62 valence electrons. The van der Waals surface area contributed by atoms with Crippen molar-refractivity contribution in [2.45, 2.75) is 0 Å². The highest BCUT2D eigenvalue weighted by atomic mass is 32.1. The van der Waals surface area contributed by atoms with Crippen LogP contribution >= 0.6 is 12.2 Å². The first-order chi connectivity index (χ1) is 5.13. The van der Waals surface area contributed by atoms with E-state index in [1.165, 1.54) is 0 Å². The lowest BCUT2D eigenvalue weighted by Gasteiger charge is -2.01. The molecule has 4 heteroatoms. The Morgan fingerprint density at radius 2 is 2.18 bits per heavy atom. The van der Waals surface area contributed by atoms with E-state index < -0.39 is 0 Å². The highest BCUT2D eigenvalue weighted by Crippen LogP contribution is 1.68. The molecule has 0 aliphatic rings. The predicted octanol–water partition coefficient (Wildman–Crippen LogP) is -0.615. The molecule has 0 unspecified atom stereocenters. The van der Waals surface area contributed by atoms with E-state index in [1.807, 2.05) is 19.0 Å². The van der Waals surface area contributed by atoms with E-state index in [0.29, 0.717) is 11.7 Å². The van der Waals surface area contributed by atoms with Crippen molar-refractivity contribution in [3.05, 3.63) is 0 Å². The van der Waals surface area contributed by atoms with Crippen LogP contribution < -0.4 is 11.1 Å². The largest absolute Gasteiger partial charge is 0.376 e. The molecule has 0 saturated carbocycles. The maximum Gasteiger partial charge on any atom is 0.164 e. The number of nitrogens with one attached hydrogen (secondary N) is 1. The van der Waals surface area contributed by atoms with Crippen LogP contribution in [0.5, 0.6) is 0 Å². The van der Waals surface area contributed by atoms with Crippen LogP contribution in [0.2, 0.25) is 0 Å². The molecule has 3 N–H and O–H groups in total.